The van der Waals surface area contributed by atoms with Gasteiger partial charge in [-0.05, 0) is 45.7 Å². The molecule has 206 valence electrons. The molecule has 1 aromatic carbocycles. The summed E-state index contributed by atoms with van der Waals surface area (Å²) in [5, 5.41) is 7.76. The molecule has 3 heterocycles. The first-order valence-electron chi connectivity index (χ1n) is 11.9. The Kier molecular flexibility index (Phi) is 8.12. The van der Waals surface area contributed by atoms with Gasteiger partial charge in [0.05, 0.1) is 24.8 Å². The summed E-state index contributed by atoms with van der Waals surface area (Å²) in [7, 11) is 0.289. The number of hydrogen-bond acceptors (Lipinski definition) is 10. The van der Waals surface area contributed by atoms with Gasteiger partial charge in [-0.25, -0.2) is 18.4 Å². The maximum atomic E-state index is 13.6. The summed E-state index contributed by atoms with van der Waals surface area (Å²) in [5.74, 6) is 1.38. The molecule has 14 heteroatoms. The molecule has 2 aromatic heterocycles. The standard InChI is InChI=1S/C24H31ClN6O6S/c1-14(20(36-6)21-26-12-15(25)13-27-21)38(32,33)30-23-29-28-22(18-10-11-24(2,3)37-18)31(23)19-16(34-4)8-7-9-17(19)35-5/h7-9,12-14,18,20H,10-11H2,1-6H3,(H,29,30)/t14-,18+,20-/m0/s1. The van der Waals surface area contributed by atoms with Gasteiger partial charge in [-0.2, -0.15) is 0 Å². The van der Waals surface area contributed by atoms with E-state index in [1.807, 2.05) is 13.8 Å². The highest BCUT2D eigenvalue weighted by atomic mass is 35.5. The molecule has 1 aliphatic heterocycles. The number of aromatic nitrogens is 5. The summed E-state index contributed by atoms with van der Waals surface area (Å²) >= 11 is 5.89. The van der Waals surface area contributed by atoms with E-state index in [2.05, 4.69) is 24.9 Å². The number of halogens is 1. The van der Waals surface area contributed by atoms with Crippen molar-refractivity contribution in [3.8, 4) is 17.2 Å². The third-order valence-corrected chi connectivity index (χ3v) is 8.26. The first-order chi connectivity index (χ1) is 18.0. The van der Waals surface area contributed by atoms with Gasteiger partial charge in [-0.3, -0.25) is 9.29 Å². The van der Waals surface area contributed by atoms with Gasteiger partial charge in [0, 0.05) is 19.5 Å². The number of nitrogens with zero attached hydrogens (tertiary/aromatic N) is 5. The van der Waals surface area contributed by atoms with Crippen LogP contribution in [-0.4, -0.2) is 65.3 Å². The lowest BCUT2D eigenvalue weighted by Crippen LogP contribution is -2.33. The average molecular weight is 567 g/mol. The van der Waals surface area contributed by atoms with Crippen molar-refractivity contribution in [1.29, 1.82) is 0 Å². The van der Waals surface area contributed by atoms with E-state index in [4.69, 9.17) is 30.5 Å². The minimum absolute atomic E-state index is 0.0603. The van der Waals surface area contributed by atoms with Crippen molar-refractivity contribution in [3.05, 3.63) is 47.3 Å². The molecule has 0 radical (unpaired) electrons. The maximum absolute atomic E-state index is 13.6. The number of para-hydroxylation sites is 1. The van der Waals surface area contributed by atoms with Crippen molar-refractivity contribution in [3.63, 3.8) is 0 Å². The fraction of sp³-hybridized carbons (Fsp3) is 0.500. The Hall–Kier alpha value is -3.00. The molecule has 0 unspecified atom stereocenters. The molecule has 4 rings (SSSR count). The smallest absolute Gasteiger partial charge is 0.243 e. The third-order valence-electron chi connectivity index (χ3n) is 6.37. The van der Waals surface area contributed by atoms with Crippen LogP contribution >= 0.6 is 11.6 Å². The molecule has 3 aromatic rings. The maximum Gasteiger partial charge on any atom is 0.243 e. The van der Waals surface area contributed by atoms with E-state index in [0.29, 0.717) is 34.5 Å². The molecule has 0 spiro atoms. The highest BCUT2D eigenvalue weighted by Crippen LogP contribution is 2.42. The first kappa shape index (κ1) is 28.0. The zero-order valence-corrected chi connectivity index (χ0v) is 23.6. The van der Waals surface area contributed by atoms with Crippen molar-refractivity contribution in [2.24, 2.45) is 0 Å². The SMILES string of the molecule is COc1cccc(OC)c1-n1c(NS(=O)(=O)[C@@H](C)[C@H](OC)c2ncc(Cl)cn2)nnc1[C@H]1CCC(C)(C)O1. The Morgan fingerprint density at radius 1 is 1.13 bits per heavy atom. The number of rotatable bonds is 10. The molecule has 0 saturated carbocycles. The van der Waals surface area contributed by atoms with Crippen LogP contribution in [0.2, 0.25) is 5.02 Å². The normalized spacial score (nSPS) is 18.7. The molecule has 1 aliphatic rings. The predicted octanol–water partition coefficient (Wildman–Crippen LogP) is 3.88. The lowest BCUT2D eigenvalue weighted by atomic mass is 10.1. The summed E-state index contributed by atoms with van der Waals surface area (Å²) < 4.78 is 54.3. The fourth-order valence-corrected chi connectivity index (χ4v) is 5.59. The van der Waals surface area contributed by atoms with Crippen LogP contribution in [0.4, 0.5) is 5.95 Å². The molecule has 1 saturated heterocycles. The lowest BCUT2D eigenvalue weighted by Gasteiger charge is -2.23. The van der Waals surface area contributed by atoms with Crippen LogP contribution in [0, 0.1) is 0 Å². The molecule has 1 fully saturated rings. The van der Waals surface area contributed by atoms with Gasteiger partial charge >= 0.3 is 0 Å². The van der Waals surface area contributed by atoms with Crippen molar-refractivity contribution in [2.75, 3.05) is 26.1 Å². The van der Waals surface area contributed by atoms with E-state index in [1.54, 1.807) is 22.8 Å². The van der Waals surface area contributed by atoms with Crippen molar-refractivity contribution in [2.45, 2.75) is 56.7 Å². The van der Waals surface area contributed by atoms with Crippen molar-refractivity contribution >= 4 is 27.6 Å². The number of hydrogen-bond donors (Lipinski definition) is 1. The number of nitrogens with one attached hydrogen (secondary N) is 1. The second kappa shape index (κ2) is 11.0. The molecular weight excluding hydrogens is 536 g/mol. The molecule has 3 atom stereocenters. The molecule has 0 bridgehead atoms. The largest absolute Gasteiger partial charge is 0.494 e. The van der Waals surface area contributed by atoms with E-state index in [9.17, 15) is 8.42 Å². The number of benzene rings is 1. The highest BCUT2D eigenvalue weighted by molar-refractivity contribution is 7.93. The van der Waals surface area contributed by atoms with Crippen LogP contribution in [0.5, 0.6) is 11.5 Å². The summed E-state index contributed by atoms with van der Waals surface area (Å²) in [6.07, 6.45) is 2.80. The van der Waals surface area contributed by atoms with Gasteiger partial charge in [-0.1, -0.05) is 17.7 Å². The molecule has 0 amide bonds. The van der Waals surface area contributed by atoms with Gasteiger partial charge in [-0.15, -0.1) is 10.2 Å². The average Bonchev–Trinajstić information content (AvgIpc) is 3.46. The molecule has 38 heavy (non-hydrogen) atoms. The van der Waals surface area contributed by atoms with Crippen LogP contribution in [0.15, 0.2) is 30.6 Å². The second-order valence-corrected chi connectivity index (χ2v) is 11.9. The van der Waals surface area contributed by atoms with Crippen LogP contribution in [0.3, 0.4) is 0 Å². The third kappa shape index (κ3) is 5.55. The van der Waals surface area contributed by atoms with Gasteiger partial charge < -0.3 is 18.9 Å². The number of sulfonamides is 1. The highest BCUT2D eigenvalue weighted by Gasteiger charge is 2.39. The number of ether oxygens (including phenoxy) is 4. The van der Waals surface area contributed by atoms with Gasteiger partial charge in [0.25, 0.3) is 0 Å². The van der Waals surface area contributed by atoms with Crippen molar-refractivity contribution < 1.29 is 27.4 Å². The van der Waals surface area contributed by atoms with Crippen LogP contribution < -0.4 is 14.2 Å². The van der Waals surface area contributed by atoms with E-state index in [1.165, 1.54) is 40.6 Å². The molecule has 1 N–H and O–H groups in total. The van der Waals surface area contributed by atoms with Crippen LogP contribution in [0.25, 0.3) is 5.69 Å². The van der Waals surface area contributed by atoms with E-state index < -0.39 is 27.5 Å². The predicted molar refractivity (Wildman–Crippen MR) is 140 cm³/mol. The quantitative estimate of drug-likeness (QED) is 0.384. The summed E-state index contributed by atoms with van der Waals surface area (Å²) in [6.45, 7) is 5.47. The lowest BCUT2D eigenvalue weighted by molar-refractivity contribution is -0.0207. The molecule has 0 aliphatic carbocycles. The minimum Gasteiger partial charge on any atom is -0.494 e. The zero-order valence-electron chi connectivity index (χ0n) is 22.0. The number of anilines is 1. The van der Waals surface area contributed by atoms with Gasteiger partial charge in [0.1, 0.15) is 34.6 Å². The van der Waals surface area contributed by atoms with E-state index in [-0.39, 0.29) is 17.4 Å². The Labute approximate surface area is 226 Å². The van der Waals surface area contributed by atoms with Crippen LogP contribution in [0.1, 0.15) is 57.5 Å². The zero-order chi connectivity index (χ0) is 27.7. The summed E-state index contributed by atoms with van der Waals surface area (Å²) in [5.41, 5.74) is 0.0607. The first-order valence-corrected chi connectivity index (χ1v) is 13.8. The Balaban J connectivity index is 1.79. The summed E-state index contributed by atoms with van der Waals surface area (Å²) in [6, 6.07) is 5.24. The minimum atomic E-state index is -4.12. The van der Waals surface area contributed by atoms with Crippen LogP contribution in [-0.2, 0) is 19.5 Å². The fourth-order valence-electron chi connectivity index (χ4n) is 4.37. The molecule has 12 nitrogen and oxygen atoms in total. The number of methoxy groups -OCH3 is 3. The Bertz CT molecular complexity index is 1360. The Morgan fingerprint density at radius 2 is 1.76 bits per heavy atom. The van der Waals surface area contributed by atoms with E-state index in [0.717, 1.165) is 6.42 Å². The monoisotopic (exact) mass is 566 g/mol. The van der Waals surface area contributed by atoms with E-state index >= 15 is 0 Å². The topological polar surface area (TPSA) is 140 Å². The van der Waals surface area contributed by atoms with Gasteiger partial charge in [0.15, 0.2) is 11.6 Å². The Morgan fingerprint density at radius 3 is 2.29 bits per heavy atom. The summed E-state index contributed by atoms with van der Waals surface area (Å²) in [4.78, 5) is 8.26. The molecular formula is C24H31ClN6O6S. The van der Waals surface area contributed by atoms with Crippen molar-refractivity contribution in [1.82, 2.24) is 24.7 Å². The second-order valence-electron chi connectivity index (χ2n) is 9.40. The van der Waals surface area contributed by atoms with Gasteiger partial charge in [0.2, 0.25) is 16.0 Å².